The van der Waals surface area contributed by atoms with Crippen LogP contribution in [0.5, 0.6) is 0 Å². The monoisotopic (exact) mass is 475 g/mol. The maximum absolute atomic E-state index is 14.1. The molecule has 2 N–H and O–H groups in total. The molecule has 2 aromatic rings. The minimum atomic E-state index is -0.548. The molecule has 0 radical (unpaired) electrons. The van der Waals surface area contributed by atoms with Crippen molar-refractivity contribution < 1.29 is 13.2 Å². The molecule has 1 aliphatic carbocycles. The highest BCUT2D eigenvalue weighted by Crippen LogP contribution is 2.49. The molecule has 1 fully saturated rings. The van der Waals surface area contributed by atoms with E-state index in [9.17, 15) is 8.78 Å². The zero-order chi connectivity index (χ0) is 17.7. The van der Waals surface area contributed by atoms with Crippen molar-refractivity contribution in [3.05, 3.63) is 59.6 Å². The van der Waals surface area contributed by atoms with Gasteiger partial charge in [-0.05, 0) is 43.5 Å². The Bertz CT molecular complexity index is 730. The van der Waals surface area contributed by atoms with Crippen LogP contribution in [-0.4, -0.2) is 25.6 Å². The van der Waals surface area contributed by atoms with Crippen LogP contribution in [0.25, 0.3) is 0 Å². The second kappa shape index (κ2) is 9.34. The highest BCUT2D eigenvalue weighted by Gasteiger charge is 2.46. The van der Waals surface area contributed by atoms with E-state index >= 15 is 0 Å². The van der Waals surface area contributed by atoms with Crippen LogP contribution in [0.15, 0.2) is 46.0 Å². The Labute approximate surface area is 169 Å². The summed E-state index contributed by atoms with van der Waals surface area (Å²) in [6, 6.07) is 7.61. The van der Waals surface area contributed by atoms with Gasteiger partial charge in [-0.1, -0.05) is 6.07 Å². The highest BCUT2D eigenvalue weighted by atomic mass is 127. The van der Waals surface area contributed by atoms with Gasteiger partial charge in [-0.25, -0.2) is 8.78 Å². The maximum Gasteiger partial charge on any atom is 0.191 e. The first-order valence-corrected chi connectivity index (χ1v) is 8.63. The normalized spacial score (nSPS) is 15.3. The molecule has 0 amide bonds. The molecule has 142 valence electrons. The lowest BCUT2D eigenvalue weighted by atomic mass is 9.95. The van der Waals surface area contributed by atoms with Crippen molar-refractivity contribution in [3.63, 3.8) is 0 Å². The van der Waals surface area contributed by atoms with Crippen LogP contribution < -0.4 is 10.6 Å². The fourth-order valence-electron chi connectivity index (χ4n) is 2.91. The molecule has 4 nitrogen and oxygen atoms in total. The standard InChI is InChI=1S/C19H23F2N3O.HI/c1-2-22-18(23-10-7-15-4-3-11-25-15)24-13-19(8-9-19)16-6-5-14(20)12-17(16)21;/h3-6,11-12H,2,7-10,13H2,1H3,(H2,22,23,24);1H. The number of nitrogens with one attached hydrogen (secondary N) is 2. The first-order valence-electron chi connectivity index (χ1n) is 8.63. The fraction of sp³-hybridized carbons (Fsp3) is 0.421. The van der Waals surface area contributed by atoms with Crippen molar-refractivity contribution in [2.24, 2.45) is 4.99 Å². The maximum atomic E-state index is 14.1. The smallest absolute Gasteiger partial charge is 0.191 e. The van der Waals surface area contributed by atoms with Gasteiger partial charge in [0.25, 0.3) is 0 Å². The Kier molecular flexibility index (Phi) is 7.43. The summed E-state index contributed by atoms with van der Waals surface area (Å²) in [7, 11) is 0. The second-order valence-electron chi connectivity index (χ2n) is 6.36. The van der Waals surface area contributed by atoms with E-state index in [1.54, 1.807) is 12.3 Å². The molecule has 0 spiro atoms. The molecule has 1 aromatic heterocycles. The van der Waals surface area contributed by atoms with Crippen molar-refractivity contribution in [3.8, 4) is 0 Å². The number of guanidine groups is 1. The molecular formula is C19H24F2IN3O. The van der Waals surface area contributed by atoms with Crippen molar-refractivity contribution in [1.29, 1.82) is 0 Å². The average molecular weight is 475 g/mol. The molecule has 1 saturated carbocycles. The largest absolute Gasteiger partial charge is 0.469 e. The summed E-state index contributed by atoms with van der Waals surface area (Å²) in [5.41, 5.74) is 0.255. The number of hydrogen-bond acceptors (Lipinski definition) is 2. The van der Waals surface area contributed by atoms with Gasteiger partial charge in [0.05, 0.1) is 12.8 Å². The van der Waals surface area contributed by atoms with E-state index in [4.69, 9.17) is 4.42 Å². The summed E-state index contributed by atoms with van der Waals surface area (Å²) in [6.07, 6.45) is 4.15. The average Bonchev–Trinajstić information content (AvgIpc) is 3.18. The zero-order valence-corrected chi connectivity index (χ0v) is 17.1. The van der Waals surface area contributed by atoms with Crippen molar-refractivity contribution in [2.45, 2.75) is 31.6 Å². The van der Waals surface area contributed by atoms with Crippen LogP contribution in [0, 0.1) is 11.6 Å². The fourth-order valence-corrected chi connectivity index (χ4v) is 2.91. The second-order valence-corrected chi connectivity index (χ2v) is 6.36. The van der Waals surface area contributed by atoms with E-state index in [1.165, 1.54) is 6.07 Å². The Morgan fingerprint density at radius 2 is 2.04 bits per heavy atom. The molecule has 1 heterocycles. The summed E-state index contributed by atoms with van der Waals surface area (Å²) < 4.78 is 32.5. The summed E-state index contributed by atoms with van der Waals surface area (Å²) in [6.45, 7) is 3.91. The van der Waals surface area contributed by atoms with Gasteiger partial charge < -0.3 is 15.1 Å². The van der Waals surface area contributed by atoms with Gasteiger partial charge in [-0.2, -0.15) is 0 Å². The van der Waals surface area contributed by atoms with Gasteiger partial charge >= 0.3 is 0 Å². The van der Waals surface area contributed by atoms with Crippen LogP contribution in [-0.2, 0) is 11.8 Å². The minimum absolute atomic E-state index is 0. The molecular weight excluding hydrogens is 451 g/mol. The van der Waals surface area contributed by atoms with Crippen LogP contribution in [0.3, 0.4) is 0 Å². The molecule has 1 aromatic carbocycles. The van der Waals surface area contributed by atoms with Crippen LogP contribution in [0.1, 0.15) is 31.1 Å². The topological polar surface area (TPSA) is 49.6 Å². The van der Waals surface area contributed by atoms with Gasteiger partial charge in [0.1, 0.15) is 17.4 Å². The Morgan fingerprint density at radius 1 is 1.23 bits per heavy atom. The first kappa shape index (κ1) is 20.7. The van der Waals surface area contributed by atoms with Crippen molar-refractivity contribution >= 4 is 29.9 Å². The lowest BCUT2D eigenvalue weighted by Gasteiger charge is -2.16. The molecule has 0 unspecified atom stereocenters. The first-order chi connectivity index (χ1) is 12.1. The molecule has 0 aliphatic heterocycles. The molecule has 1 aliphatic rings. The number of halogens is 3. The quantitative estimate of drug-likeness (QED) is 0.362. The number of aliphatic imine (C=N–C) groups is 1. The number of nitrogens with zero attached hydrogens (tertiary/aromatic N) is 1. The lowest BCUT2D eigenvalue weighted by molar-refractivity contribution is 0.506. The van der Waals surface area contributed by atoms with Crippen LogP contribution >= 0.6 is 24.0 Å². The molecule has 7 heteroatoms. The lowest BCUT2D eigenvalue weighted by Crippen LogP contribution is -2.39. The van der Waals surface area contributed by atoms with Crippen LogP contribution in [0.2, 0.25) is 0 Å². The predicted molar refractivity (Wildman–Crippen MR) is 109 cm³/mol. The summed E-state index contributed by atoms with van der Waals surface area (Å²) >= 11 is 0. The summed E-state index contributed by atoms with van der Waals surface area (Å²) in [5, 5.41) is 6.45. The Hall–Kier alpha value is -1.64. The Morgan fingerprint density at radius 3 is 2.65 bits per heavy atom. The number of hydrogen-bond donors (Lipinski definition) is 2. The number of benzene rings is 1. The highest BCUT2D eigenvalue weighted by molar-refractivity contribution is 14.0. The van der Waals surface area contributed by atoms with E-state index in [0.717, 1.165) is 37.6 Å². The van der Waals surface area contributed by atoms with E-state index in [-0.39, 0.29) is 29.4 Å². The molecule has 3 rings (SSSR count). The van der Waals surface area contributed by atoms with Crippen molar-refractivity contribution in [2.75, 3.05) is 19.6 Å². The van der Waals surface area contributed by atoms with Gasteiger partial charge in [-0.3, -0.25) is 4.99 Å². The zero-order valence-electron chi connectivity index (χ0n) is 14.7. The molecule has 0 atom stereocenters. The van der Waals surface area contributed by atoms with Gasteiger partial charge in [-0.15, -0.1) is 24.0 Å². The predicted octanol–water partition coefficient (Wildman–Crippen LogP) is 4.01. The van der Waals surface area contributed by atoms with E-state index in [1.807, 2.05) is 19.1 Å². The van der Waals surface area contributed by atoms with E-state index in [0.29, 0.717) is 24.6 Å². The Balaban J connectivity index is 0.00000243. The van der Waals surface area contributed by atoms with Gasteiger partial charge in [0, 0.05) is 31.0 Å². The van der Waals surface area contributed by atoms with Crippen molar-refractivity contribution in [1.82, 2.24) is 10.6 Å². The minimum Gasteiger partial charge on any atom is -0.469 e. The third-order valence-electron chi connectivity index (χ3n) is 4.48. The van der Waals surface area contributed by atoms with Crippen LogP contribution in [0.4, 0.5) is 8.78 Å². The van der Waals surface area contributed by atoms with Gasteiger partial charge in [0.15, 0.2) is 5.96 Å². The molecule has 26 heavy (non-hydrogen) atoms. The number of rotatable bonds is 7. The SMILES string of the molecule is CCNC(=NCC1(c2ccc(F)cc2F)CC1)NCCc1ccco1.I. The summed E-state index contributed by atoms with van der Waals surface area (Å²) in [4.78, 5) is 4.61. The van der Waals surface area contributed by atoms with E-state index < -0.39 is 11.6 Å². The van der Waals surface area contributed by atoms with Gasteiger partial charge in [0.2, 0.25) is 0 Å². The molecule has 0 saturated heterocycles. The van der Waals surface area contributed by atoms with E-state index in [2.05, 4.69) is 15.6 Å². The summed E-state index contributed by atoms with van der Waals surface area (Å²) in [5.74, 6) is 0.579. The number of furan rings is 1. The third kappa shape index (κ3) is 5.18. The third-order valence-corrected chi connectivity index (χ3v) is 4.48. The molecule has 0 bridgehead atoms.